The molecule has 5 nitrogen and oxygen atoms in total. The van der Waals surface area contributed by atoms with Gasteiger partial charge in [0, 0.05) is 0 Å². The molecule has 96 valence electrons. The molecule has 0 spiro atoms. The fourth-order valence-electron chi connectivity index (χ4n) is 1.81. The minimum Gasteiger partial charge on any atom is -0.493 e. The fraction of sp³-hybridized carbons (Fsp3) is 0.500. The molecule has 0 amide bonds. The average molecular weight is 239 g/mol. The summed E-state index contributed by atoms with van der Waals surface area (Å²) < 4.78 is 10.5. The molecule has 0 aliphatic rings. The van der Waals surface area contributed by atoms with Crippen LogP contribution in [0.4, 0.5) is 0 Å². The topological polar surface area (TPSA) is 59.8 Å². The predicted octanol–water partition coefficient (Wildman–Crippen LogP) is 1.04. The third kappa shape index (κ3) is 2.88. The first kappa shape index (κ1) is 13.8. The second-order valence-electron chi connectivity index (χ2n) is 4.10. The molecule has 1 rings (SSSR count). The zero-order valence-electron chi connectivity index (χ0n) is 11.1. The minimum atomic E-state index is -0.0604. The lowest BCUT2D eigenvalue weighted by Gasteiger charge is -2.26. The van der Waals surface area contributed by atoms with E-state index in [0.29, 0.717) is 5.75 Å². The Morgan fingerprint density at radius 3 is 2.12 bits per heavy atom. The van der Waals surface area contributed by atoms with Gasteiger partial charge in [-0.3, -0.25) is 10.7 Å². The molecule has 0 bridgehead atoms. The van der Waals surface area contributed by atoms with Gasteiger partial charge in [-0.05, 0) is 44.3 Å². The van der Waals surface area contributed by atoms with Gasteiger partial charge in [-0.25, -0.2) is 5.43 Å². The van der Waals surface area contributed by atoms with E-state index in [1.807, 2.05) is 38.1 Å². The minimum absolute atomic E-state index is 0.0604. The monoisotopic (exact) mass is 239 g/mol. The number of nitrogens with one attached hydrogen (secondary N) is 1. The van der Waals surface area contributed by atoms with Crippen molar-refractivity contribution in [1.82, 2.24) is 10.3 Å². The Bertz CT molecular complexity index is 380. The zero-order chi connectivity index (χ0) is 13.0. The normalized spacial score (nSPS) is 12.6. The number of hydrogen-bond acceptors (Lipinski definition) is 5. The Labute approximate surface area is 102 Å². The molecule has 0 saturated heterocycles. The first-order valence-electron chi connectivity index (χ1n) is 5.40. The summed E-state index contributed by atoms with van der Waals surface area (Å²) in [5, 5.41) is 0. The smallest absolute Gasteiger partial charge is 0.161 e. The molecule has 1 unspecified atom stereocenters. The number of methoxy groups -OCH3 is 2. The first-order valence-corrected chi connectivity index (χ1v) is 5.40. The molecule has 0 heterocycles. The Balaban J connectivity index is 3.24. The lowest BCUT2D eigenvalue weighted by Crippen LogP contribution is -2.38. The van der Waals surface area contributed by atoms with Gasteiger partial charge < -0.3 is 9.47 Å². The van der Waals surface area contributed by atoms with Crippen molar-refractivity contribution in [3.05, 3.63) is 23.3 Å². The van der Waals surface area contributed by atoms with Crippen molar-refractivity contribution >= 4 is 0 Å². The molecule has 0 aliphatic heterocycles. The highest BCUT2D eigenvalue weighted by Crippen LogP contribution is 2.33. The highest BCUT2D eigenvalue weighted by Gasteiger charge is 2.17. The quantitative estimate of drug-likeness (QED) is 0.457. The zero-order valence-corrected chi connectivity index (χ0v) is 11.1. The number of hydrogen-bond donors (Lipinski definition) is 2. The summed E-state index contributed by atoms with van der Waals surface area (Å²) >= 11 is 0. The third-order valence-electron chi connectivity index (χ3n) is 2.74. The van der Waals surface area contributed by atoms with Gasteiger partial charge >= 0.3 is 0 Å². The Morgan fingerprint density at radius 2 is 1.71 bits per heavy atom. The van der Waals surface area contributed by atoms with Crippen LogP contribution in [-0.4, -0.2) is 33.2 Å². The Morgan fingerprint density at radius 1 is 1.18 bits per heavy atom. The lowest BCUT2D eigenvalue weighted by atomic mass is 10.0. The molecule has 1 aromatic rings. The van der Waals surface area contributed by atoms with Crippen LogP contribution in [0.25, 0.3) is 0 Å². The van der Waals surface area contributed by atoms with Crippen LogP contribution < -0.4 is 20.7 Å². The van der Waals surface area contributed by atoms with Crippen LogP contribution in [0.15, 0.2) is 12.1 Å². The largest absolute Gasteiger partial charge is 0.493 e. The van der Waals surface area contributed by atoms with Gasteiger partial charge in [0.2, 0.25) is 0 Å². The fourth-order valence-corrected chi connectivity index (χ4v) is 1.81. The molecule has 0 saturated carbocycles. The van der Waals surface area contributed by atoms with Crippen molar-refractivity contribution in [2.75, 3.05) is 28.3 Å². The van der Waals surface area contributed by atoms with Gasteiger partial charge in [0.1, 0.15) is 0 Å². The Kier molecular flexibility index (Phi) is 4.74. The van der Waals surface area contributed by atoms with Crippen molar-refractivity contribution < 1.29 is 9.47 Å². The van der Waals surface area contributed by atoms with Crippen LogP contribution >= 0.6 is 0 Å². The number of rotatable bonds is 5. The highest BCUT2D eigenvalue weighted by atomic mass is 16.5. The maximum Gasteiger partial charge on any atom is 0.161 e. The third-order valence-corrected chi connectivity index (χ3v) is 2.74. The molecule has 3 N–H and O–H groups in total. The van der Waals surface area contributed by atoms with Crippen LogP contribution in [-0.2, 0) is 0 Å². The Hall–Kier alpha value is -1.30. The summed E-state index contributed by atoms with van der Waals surface area (Å²) in [7, 11) is 7.17. The van der Waals surface area contributed by atoms with Crippen LogP contribution in [0.1, 0.15) is 17.3 Å². The van der Waals surface area contributed by atoms with E-state index < -0.39 is 0 Å². The van der Waals surface area contributed by atoms with Gasteiger partial charge in [-0.15, -0.1) is 0 Å². The van der Waals surface area contributed by atoms with Crippen LogP contribution in [0.5, 0.6) is 11.5 Å². The SMILES string of the molecule is COc1cc(C)c(C(NN)N(C)C)cc1OC. The molecule has 0 aromatic heterocycles. The second-order valence-corrected chi connectivity index (χ2v) is 4.10. The van der Waals surface area contributed by atoms with Crippen molar-refractivity contribution in [3.63, 3.8) is 0 Å². The maximum atomic E-state index is 5.57. The van der Waals surface area contributed by atoms with Gasteiger partial charge in [-0.1, -0.05) is 0 Å². The summed E-state index contributed by atoms with van der Waals surface area (Å²) in [5.41, 5.74) is 4.94. The molecule has 17 heavy (non-hydrogen) atoms. The van der Waals surface area contributed by atoms with Gasteiger partial charge in [0.05, 0.1) is 20.4 Å². The van der Waals surface area contributed by atoms with E-state index in [0.717, 1.165) is 16.9 Å². The molecular weight excluding hydrogens is 218 g/mol. The van der Waals surface area contributed by atoms with Gasteiger partial charge in [-0.2, -0.15) is 0 Å². The number of nitrogens with zero attached hydrogens (tertiary/aromatic N) is 1. The molecule has 1 atom stereocenters. The number of aryl methyl sites for hydroxylation is 1. The van der Waals surface area contributed by atoms with Crippen molar-refractivity contribution in [3.8, 4) is 11.5 Å². The van der Waals surface area contributed by atoms with Crippen molar-refractivity contribution in [2.45, 2.75) is 13.1 Å². The highest BCUT2D eigenvalue weighted by molar-refractivity contribution is 5.47. The molecule has 0 aliphatic carbocycles. The summed E-state index contributed by atoms with van der Waals surface area (Å²) in [5.74, 6) is 7.00. The van der Waals surface area contributed by atoms with E-state index in [-0.39, 0.29) is 6.17 Å². The average Bonchev–Trinajstić information content (AvgIpc) is 2.31. The molecule has 0 radical (unpaired) electrons. The summed E-state index contributed by atoms with van der Waals surface area (Å²) in [4.78, 5) is 1.99. The second kappa shape index (κ2) is 5.86. The summed E-state index contributed by atoms with van der Waals surface area (Å²) in [6.45, 7) is 2.02. The van der Waals surface area contributed by atoms with Gasteiger partial charge in [0.15, 0.2) is 11.5 Å². The molecule has 5 heteroatoms. The van der Waals surface area contributed by atoms with Gasteiger partial charge in [0.25, 0.3) is 0 Å². The van der Waals surface area contributed by atoms with Crippen LogP contribution in [0.2, 0.25) is 0 Å². The maximum absolute atomic E-state index is 5.57. The number of ether oxygens (including phenoxy) is 2. The molecule has 1 aromatic carbocycles. The number of nitrogens with two attached hydrogens (primary N) is 1. The van der Waals surface area contributed by atoms with E-state index in [1.165, 1.54) is 0 Å². The summed E-state index contributed by atoms with van der Waals surface area (Å²) in [6.07, 6.45) is -0.0604. The molecular formula is C12H21N3O2. The predicted molar refractivity (Wildman–Crippen MR) is 68.0 cm³/mol. The van der Waals surface area contributed by atoms with E-state index in [9.17, 15) is 0 Å². The standard InChI is InChI=1S/C12H21N3O2/c1-8-6-10(16-4)11(17-5)7-9(8)12(14-13)15(2)3/h6-7,12,14H,13H2,1-5H3. The summed E-state index contributed by atoms with van der Waals surface area (Å²) in [6, 6.07) is 3.89. The first-order chi connectivity index (χ1) is 8.04. The van der Waals surface area contributed by atoms with Crippen LogP contribution in [0, 0.1) is 6.92 Å². The van der Waals surface area contributed by atoms with E-state index in [4.69, 9.17) is 15.3 Å². The van der Waals surface area contributed by atoms with Crippen molar-refractivity contribution in [1.29, 1.82) is 0 Å². The molecule has 0 fully saturated rings. The van der Waals surface area contributed by atoms with Crippen LogP contribution in [0.3, 0.4) is 0 Å². The van der Waals surface area contributed by atoms with E-state index >= 15 is 0 Å². The number of hydrazine groups is 1. The van der Waals surface area contributed by atoms with E-state index in [1.54, 1.807) is 14.2 Å². The van der Waals surface area contributed by atoms with E-state index in [2.05, 4.69) is 5.43 Å². The van der Waals surface area contributed by atoms with Crippen molar-refractivity contribution in [2.24, 2.45) is 5.84 Å². The number of benzene rings is 1. The lowest BCUT2D eigenvalue weighted by molar-refractivity contribution is 0.250.